The highest BCUT2D eigenvalue weighted by molar-refractivity contribution is 8.00. The van der Waals surface area contributed by atoms with E-state index in [4.69, 9.17) is 4.42 Å². The Balaban J connectivity index is 2.04. The summed E-state index contributed by atoms with van der Waals surface area (Å²) in [5.74, 6) is 1.31. The molecule has 0 spiro atoms. The molecule has 2 rings (SSSR count). The molecule has 1 N–H and O–H groups in total. The zero-order valence-corrected chi connectivity index (χ0v) is 9.35. The topological polar surface area (TPSA) is 25.2 Å². The van der Waals surface area contributed by atoms with E-state index in [1.165, 1.54) is 30.6 Å². The summed E-state index contributed by atoms with van der Waals surface area (Å²) in [5, 5.41) is 4.11. The van der Waals surface area contributed by atoms with Gasteiger partial charge < -0.3 is 9.73 Å². The van der Waals surface area contributed by atoms with Crippen LogP contribution < -0.4 is 5.32 Å². The zero-order chi connectivity index (χ0) is 9.80. The van der Waals surface area contributed by atoms with Crippen molar-refractivity contribution < 1.29 is 4.42 Å². The van der Waals surface area contributed by atoms with Gasteiger partial charge in [0.25, 0.3) is 0 Å². The number of thioether (sulfide) groups is 1. The van der Waals surface area contributed by atoms with Gasteiger partial charge in [0.15, 0.2) is 0 Å². The molecule has 78 valence electrons. The van der Waals surface area contributed by atoms with Crippen molar-refractivity contribution in [2.45, 2.75) is 30.6 Å². The molecule has 0 aliphatic carbocycles. The number of nitrogens with one attached hydrogen (secondary N) is 1. The smallest absolute Gasteiger partial charge is 0.0950 e. The van der Waals surface area contributed by atoms with Crippen molar-refractivity contribution in [3.05, 3.63) is 24.2 Å². The second-order valence-corrected chi connectivity index (χ2v) is 5.08. The van der Waals surface area contributed by atoms with E-state index in [1.807, 2.05) is 13.3 Å². The van der Waals surface area contributed by atoms with Crippen LogP contribution in [-0.4, -0.2) is 18.1 Å². The Labute approximate surface area is 89.4 Å². The minimum atomic E-state index is 0.457. The third-order valence-electron chi connectivity index (χ3n) is 2.80. The molecule has 14 heavy (non-hydrogen) atoms. The molecule has 1 aliphatic heterocycles. The van der Waals surface area contributed by atoms with Gasteiger partial charge in [0.2, 0.25) is 0 Å². The molecule has 1 fully saturated rings. The van der Waals surface area contributed by atoms with Crippen LogP contribution in [0.5, 0.6) is 0 Å². The summed E-state index contributed by atoms with van der Waals surface area (Å²) in [6, 6.07) is 2.52. The van der Waals surface area contributed by atoms with E-state index in [9.17, 15) is 0 Å². The minimum absolute atomic E-state index is 0.457. The van der Waals surface area contributed by atoms with Gasteiger partial charge in [0.05, 0.1) is 12.5 Å². The Hall–Kier alpha value is -0.410. The molecular weight excluding hydrogens is 194 g/mol. The van der Waals surface area contributed by atoms with Crippen LogP contribution in [0.15, 0.2) is 23.0 Å². The summed E-state index contributed by atoms with van der Waals surface area (Å²) in [4.78, 5) is 0. The van der Waals surface area contributed by atoms with Crippen LogP contribution in [-0.2, 0) is 0 Å². The van der Waals surface area contributed by atoms with Crippen LogP contribution in [0.3, 0.4) is 0 Å². The fourth-order valence-electron chi connectivity index (χ4n) is 2.05. The van der Waals surface area contributed by atoms with Crippen molar-refractivity contribution in [1.29, 1.82) is 0 Å². The second-order valence-electron chi connectivity index (χ2n) is 3.73. The number of hydrogen-bond acceptors (Lipinski definition) is 3. The maximum atomic E-state index is 5.14. The maximum Gasteiger partial charge on any atom is 0.0950 e. The first kappa shape index (κ1) is 10.1. The summed E-state index contributed by atoms with van der Waals surface area (Å²) in [6.07, 6.45) is 7.68. The first-order valence-corrected chi connectivity index (χ1v) is 6.27. The van der Waals surface area contributed by atoms with Gasteiger partial charge >= 0.3 is 0 Å². The van der Waals surface area contributed by atoms with Crippen LogP contribution >= 0.6 is 11.8 Å². The van der Waals surface area contributed by atoms with Crippen molar-refractivity contribution in [2.24, 2.45) is 0 Å². The molecule has 1 aromatic rings. The van der Waals surface area contributed by atoms with Crippen LogP contribution in [0.2, 0.25) is 0 Å². The van der Waals surface area contributed by atoms with E-state index in [-0.39, 0.29) is 0 Å². The van der Waals surface area contributed by atoms with E-state index in [1.54, 1.807) is 6.26 Å². The molecule has 1 aromatic heterocycles. The molecular formula is C11H17NOS. The van der Waals surface area contributed by atoms with Gasteiger partial charge in [0, 0.05) is 16.9 Å². The summed E-state index contributed by atoms with van der Waals surface area (Å²) in [7, 11) is 2.03. The molecule has 0 saturated carbocycles. The summed E-state index contributed by atoms with van der Waals surface area (Å²) in [6.45, 7) is 0. The SMILES string of the molecule is CNC(c1ccoc1)C1CCCCS1. The van der Waals surface area contributed by atoms with E-state index in [2.05, 4.69) is 23.1 Å². The molecule has 0 aromatic carbocycles. The highest BCUT2D eigenvalue weighted by atomic mass is 32.2. The van der Waals surface area contributed by atoms with Crippen molar-refractivity contribution >= 4 is 11.8 Å². The van der Waals surface area contributed by atoms with Crippen LogP contribution in [0, 0.1) is 0 Å². The molecule has 0 bridgehead atoms. The van der Waals surface area contributed by atoms with Crippen LogP contribution in [0.4, 0.5) is 0 Å². The van der Waals surface area contributed by atoms with Crippen molar-refractivity contribution in [3.63, 3.8) is 0 Å². The normalized spacial score (nSPS) is 24.8. The average Bonchev–Trinajstić information content (AvgIpc) is 2.74. The lowest BCUT2D eigenvalue weighted by Crippen LogP contribution is -2.28. The molecule has 1 aliphatic rings. The van der Waals surface area contributed by atoms with Gasteiger partial charge in [-0.2, -0.15) is 11.8 Å². The monoisotopic (exact) mass is 211 g/mol. The predicted molar refractivity (Wildman–Crippen MR) is 60.6 cm³/mol. The lowest BCUT2D eigenvalue weighted by molar-refractivity contribution is 0.503. The molecule has 2 heterocycles. The highest BCUT2D eigenvalue weighted by Gasteiger charge is 2.24. The first-order chi connectivity index (χ1) is 6.92. The molecule has 0 amide bonds. The first-order valence-electron chi connectivity index (χ1n) is 5.23. The van der Waals surface area contributed by atoms with E-state index in [0.717, 1.165) is 0 Å². The van der Waals surface area contributed by atoms with Crippen LogP contribution in [0.25, 0.3) is 0 Å². The maximum absolute atomic E-state index is 5.14. The quantitative estimate of drug-likeness (QED) is 0.832. The molecule has 0 radical (unpaired) electrons. The lowest BCUT2D eigenvalue weighted by atomic mass is 10.0. The van der Waals surface area contributed by atoms with Crippen LogP contribution in [0.1, 0.15) is 30.9 Å². The lowest BCUT2D eigenvalue weighted by Gasteiger charge is -2.28. The largest absolute Gasteiger partial charge is 0.472 e. The second kappa shape index (κ2) is 4.89. The van der Waals surface area contributed by atoms with Gasteiger partial charge in [-0.25, -0.2) is 0 Å². The summed E-state index contributed by atoms with van der Waals surface area (Å²) < 4.78 is 5.14. The van der Waals surface area contributed by atoms with Gasteiger partial charge in [-0.05, 0) is 31.7 Å². The minimum Gasteiger partial charge on any atom is -0.472 e. The summed E-state index contributed by atoms with van der Waals surface area (Å²) >= 11 is 2.09. The highest BCUT2D eigenvalue weighted by Crippen LogP contribution is 2.34. The Bertz CT molecular complexity index is 254. The van der Waals surface area contributed by atoms with Gasteiger partial charge in [-0.1, -0.05) is 6.42 Å². The molecule has 2 unspecified atom stereocenters. The number of rotatable bonds is 3. The molecule has 2 atom stereocenters. The third kappa shape index (κ3) is 2.15. The average molecular weight is 211 g/mol. The van der Waals surface area contributed by atoms with E-state index < -0.39 is 0 Å². The van der Waals surface area contributed by atoms with Gasteiger partial charge in [-0.3, -0.25) is 0 Å². The predicted octanol–water partition coefficient (Wildman–Crippen LogP) is 2.83. The Kier molecular flexibility index (Phi) is 3.54. The van der Waals surface area contributed by atoms with Gasteiger partial charge in [-0.15, -0.1) is 0 Å². The van der Waals surface area contributed by atoms with Crippen molar-refractivity contribution in [1.82, 2.24) is 5.32 Å². The van der Waals surface area contributed by atoms with Crippen molar-refractivity contribution in [3.8, 4) is 0 Å². The molecule has 1 saturated heterocycles. The Morgan fingerprint density at radius 1 is 1.57 bits per heavy atom. The number of furan rings is 1. The molecule has 3 heteroatoms. The number of hydrogen-bond donors (Lipinski definition) is 1. The molecule has 2 nitrogen and oxygen atoms in total. The van der Waals surface area contributed by atoms with E-state index in [0.29, 0.717) is 11.3 Å². The fourth-order valence-corrected chi connectivity index (χ4v) is 3.54. The third-order valence-corrected chi connectivity index (χ3v) is 4.26. The van der Waals surface area contributed by atoms with E-state index >= 15 is 0 Å². The summed E-state index contributed by atoms with van der Waals surface area (Å²) in [5.41, 5.74) is 1.28. The standard InChI is InChI=1S/C11H17NOS/c1-12-11(9-5-6-13-8-9)10-4-2-3-7-14-10/h5-6,8,10-12H,2-4,7H2,1H3. The zero-order valence-electron chi connectivity index (χ0n) is 8.53. The van der Waals surface area contributed by atoms with Gasteiger partial charge in [0.1, 0.15) is 0 Å². The fraction of sp³-hybridized carbons (Fsp3) is 0.636. The van der Waals surface area contributed by atoms with Crippen molar-refractivity contribution in [2.75, 3.05) is 12.8 Å². The Morgan fingerprint density at radius 3 is 3.07 bits per heavy atom. The Morgan fingerprint density at radius 2 is 2.50 bits per heavy atom.